The molecule has 0 spiro atoms. The van der Waals surface area contributed by atoms with Crippen LogP contribution >= 0.6 is 0 Å². The van der Waals surface area contributed by atoms with Crippen molar-refractivity contribution < 1.29 is 19.0 Å². The van der Waals surface area contributed by atoms with Gasteiger partial charge in [0.25, 0.3) is 5.91 Å². The predicted octanol–water partition coefficient (Wildman–Crippen LogP) is 5.40. The number of carbonyl (C=O) groups is 1. The number of benzene rings is 3. The van der Waals surface area contributed by atoms with Crippen LogP contribution in [0.15, 0.2) is 66.7 Å². The van der Waals surface area contributed by atoms with E-state index in [0.29, 0.717) is 24.7 Å². The Morgan fingerprint density at radius 2 is 1.64 bits per heavy atom. The molecular formula is C32H39N3O4. The quantitative estimate of drug-likeness (QED) is 0.310. The Kier molecular flexibility index (Phi) is 8.57. The number of piperazine rings is 1. The Labute approximate surface area is 231 Å². The summed E-state index contributed by atoms with van der Waals surface area (Å²) < 4.78 is 17.1. The fourth-order valence-electron chi connectivity index (χ4n) is 5.74. The van der Waals surface area contributed by atoms with Crippen molar-refractivity contribution in [3.8, 4) is 17.2 Å². The lowest BCUT2D eigenvalue weighted by Gasteiger charge is -2.36. The van der Waals surface area contributed by atoms with Gasteiger partial charge in [-0.05, 0) is 61.3 Å². The molecule has 2 heterocycles. The normalized spacial score (nSPS) is 16.2. The van der Waals surface area contributed by atoms with Crippen molar-refractivity contribution in [2.75, 3.05) is 58.5 Å². The van der Waals surface area contributed by atoms with Crippen LogP contribution in [0.4, 0.5) is 5.69 Å². The second-order valence-electron chi connectivity index (χ2n) is 10.1. The number of anilines is 1. The molecule has 0 aromatic heterocycles. The van der Waals surface area contributed by atoms with Crippen LogP contribution in [0.5, 0.6) is 17.2 Å². The number of rotatable bonds is 11. The van der Waals surface area contributed by atoms with Gasteiger partial charge in [0.05, 0.1) is 26.9 Å². The molecule has 0 radical (unpaired) electrons. The Morgan fingerprint density at radius 1 is 0.872 bits per heavy atom. The maximum absolute atomic E-state index is 13.9. The van der Waals surface area contributed by atoms with E-state index in [0.717, 1.165) is 68.0 Å². The summed E-state index contributed by atoms with van der Waals surface area (Å²) in [6, 6.07) is 21.9. The summed E-state index contributed by atoms with van der Waals surface area (Å²) in [5, 5.41) is 0. The van der Waals surface area contributed by atoms with Crippen molar-refractivity contribution in [3.63, 3.8) is 0 Å². The molecule has 1 amide bonds. The van der Waals surface area contributed by atoms with Crippen LogP contribution < -0.4 is 19.1 Å². The molecule has 0 N–H and O–H groups in total. The number of ether oxygens (including phenoxy) is 3. The van der Waals surface area contributed by atoms with Gasteiger partial charge in [-0.2, -0.15) is 0 Å². The van der Waals surface area contributed by atoms with E-state index in [2.05, 4.69) is 22.8 Å². The molecule has 1 atom stereocenters. The summed E-state index contributed by atoms with van der Waals surface area (Å²) in [6.45, 7) is 8.52. The predicted molar refractivity (Wildman–Crippen MR) is 154 cm³/mol. The minimum absolute atomic E-state index is 0.0859. The van der Waals surface area contributed by atoms with E-state index < -0.39 is 0 Å². The Hall–Kier alpha value is -3.71. The highest BCUT2D eigenvalue weighted by Crippen LogP contribution is 2.40. The van der Waals surface area contributed by atoms with Gasteiger partial charge < -0.3 is 28.9 Å². The first-order valence-corrected chi connectivity index (χ1v) is 13.9. The van der Waals surface area contributed by atoms with Crippen molar-refractivity contribution in [1.29, 1.82) is 0 Å². The number of fused-ring (bicyclic) bond motifs is 1. The van der Waals surface area contributed by atoms with Gasteiger partial charge in [0.2, 0.25) is 0 Å². The molecule has 5 rings (SSSR count). The molecule has 206 valence electrons. The Balaban J connectivity index is 1.39. The summed E-state index contributed by atoms with van der Waals surface area (Å²) in [6.07, 6.45) is 1.58. The third kappa shape index (κ3) is 5.83. The first-order valence-electron chi connectivity index (χ1n) is 13.9. The van der Waals surface area contributed by atoms with Crippen LogP contribution in [0.2, 0.25) is 0 Å². The molecule has 39 heavy (non-hydrogen) atoms. The summed E-state index contributed by atoms with van der Waals surface area (Å²) in [7, 11) is 3.28. The molecule has 7 heteroatoms. The monoisotopic (exact) mass is 529 g/mol. The van der Waals surface area contributed by atoms with E-state index in [4.69, 9.17) is 14.2 Å². The Morgan fingerprint density at radius 3 is 2.36 bits per heavy atom. The number of likely N-dealkylation sites (N-methyl/N-ethyl adjacent to an activating group) is 1. The topological polar surface area (TPSA) is 54.5 Å². The van der Waals surface area contributed by atoms with Gasteiger partial charge in [-0.1, -0.05) is 37.3 Å². The van der Waals surface area contributed by atoms with Crippen LogP contribution in [0.25, 0.3) is 0 Å². The van der Waals surface area contributed by atoms with Crippen LogP contribution in [-0.2, 0) is 6.54 Å². The molecule has 0 unspecified atom stereocenters. The van der Waals surface area contributed by atoms with Crippen molar-refractivity contribution in [2.24, 2.45) is 0 Å². The van der Waals surface area contributed by atoms with Crippen molar-refractivity contribution in [2.45, 2.75) is 32.4 Å². The molecule has 3 aromatic carbocycles. The number of carbonyl (C=O) groups excluding carboxylic acids is 1. The standard InChI is InChI=1S/C32H39N3O4/c1-4-33-17-19-34(20-18-33)29-13-8-12-26-27(29)23-35(32(26)36)28(14-9-21-39-25-10-6-5-7-11-25)24-15-16-30(37-2)31(22-24)38-3/h5-8,10-13,15-16,22,28H,4,9,14,17-21,23H2,1-3H3/t28-/m1/s1. The molecule has 2 aliphatic heterocycles. The first kappa shape index (κ1) is 26.9. The molecule has 1 fully saturated rings. The van der Waals surface area contributed by atoms with Crippen molar-refractivity contribution >= 4 is 11.6 Å². The van der Waals surface area contributed by atoms with Crippen molar-refractivity contribution in [3.05, 3.63) is 83.4 Å². The van der Waals surface area contributed by atoms with Gasteiger partial charge >= 0.3 is 0 Å². The summed E-state index contributed by atoms with van der Waals surface area (Å²) in [5.74, 6) is 2.29. The number of methoxy groups -OCH3 is 2. The highest BCUT2D eigenvalue weighted by Gasteiger charge is 2.36. The Bertz CT molecular complexity index is 1260. The van der Waals surface area contributed by atoms with Gasteiger partial charge in [0.15, 0.2) is 11.5 Å². The second-order valence-corrected chi connectivity index (χ2v) is 10.1. The SMILES string of the molecule is CCN1CCN(c2cccc3c2CN([C@H](CCCOc2ccccc2)c2ccc(OC)c(OC)c2)C3=O)CC1. The van der Waals surface area contributed by atoms with Gasteiger partial charge in [-0.25, -0.2) is 0 Å². The number of nitrogens with zero attached hydrogens (tertiary/aromatic N) is 3. The molecule has 7 nitrogen and oxygen atoms in total. The van der Waals surface area contributed by atoms with E-state index in [1.54, 1.807) is 14.2 Å². The second kappa shape index (κ2) is 12.4. The average Bonchev–Trinajstić information content (AvgIpc) is 3.33. The third-order valence-electron chi connectivity index (χ3n) is 7.93. The molecular weight excluding hydrogens is 490 g/mol. The van der Waals surface area contributed by atoms with Gasteiger partial charge in [-0.3, -0.25) is 4.79 Å². The molecule has 2 aliphatic rings. The summed E-state index contributed by atoms with van der Waals surface area (Å²) >= 11 is 0. The lowest BCUT2D eigenvalue weighted by molar-refractivity contribution is 0.0684. The third-order valence-corrected chi connectivity index (χ3v) is 7.93. The molecule has 1 saturated heterocycles. The largest absolute Gasteiger partial charge is 0.494 e. The van der Waals surface area contributed by atoms with E-state index >= 15 is 0 Å². The lowest BCUT2D eigenvalue weighted by atomic mass is 9.99. The highest BCUT2D eigenvalue weighted by molar-refractivity contribution is 6.00. The minimum Gasteiger partial charge on any atom is -0.494 e. The lowest BCUT2D eigenvalue weighted by Crippen LogP contribution is -2.46. The van der Waals surface area contributed by atoms with Crippen LogP contribution in [0.1, 0.15) is 47.3 Å². The fourth-order valence-corrected chi connectivity index (χ4v) is 5.74. The maximum atomic E-state index is 13.9. The summed E-state index contributed by atoms with van der Waals surface area (Å²) in [5.41, 5.74) is 4.18. The van der Waals surface area contributed by atoms with Crippen LogP contribution in [0, 0.1) is 0 Å². The zero-order valence-corrected chi connectivity index (χ0v) is 23.3. The zero-order chi connectivity index (χ0) is 27.2. The van der Waals surface area contributed by atoms with Crippen LogP contribution in [0.3, 0.4) is 0 Å². The van der Waals surface area contributed by atoms with E-state index in [1.165, 1.54) is 5.69 Å². The van der Waals surface area contributed by atoms with Crippen molar-refractivity contribution in [1.82, 2.24) is 9.80 Å². The molecule has 0 aliphatic carbocycles. The average molecular weight is 530 g/mol. The zero-order valence-electron chi connectivity index (χ0n) is 23.3. The molecule has 0 saturated carbocycles. The number of para-hydroxylation sites is 1. The number of amides is 1. The van der Waals surface area contributed by atoms with E-state index in [1.807, 2.05) is 65.6 Å². The molecule has 3 aromatic rings. The number of hydrogen-bond acceptors (Lipinski definition) is 6. The van der Waals surface area contributed by atoms with Gasteiger partial charge in [-0.15, -0.1) is 0 Å². The molecule has 0 bridgehead atoms. The van der Waals surface area contributed by atoms with Gasteiger partial charge in [0, 0.05) is 49.5 Å². The minimum atomic E-state index is -0.117. The maximum Gasteiger partial charge on any atom is 0.255 e. The van der Waals surface area contributed by atoms with Gasteiger partial charge in [0.1, 0.15) is 5.75 Å². The smallest absolute Gasteiger partial charge is 0.255 e. The van der Waals surface area contributed by atoms with E-state index in [9.17, 15) is 4.79 Å². The summed E-state index contributed by atoms with van der Waals surface area (Å²) in [4.78, 5) is 20.8. The fraction of sp³-hybridized carbons (Fsp3) is 0.406. The number of hydrogen-bond donors (Lipinski definition) is 0. The van der Waals surface area contributed by atoms with Crippen LogP contribution in [-0.4, -0.2) is 69.3 Å². The van der Waals surface area contributed by atoms with E-state index in [-0.39, 0.29) is 11.9 Å². The first-order chi connectivity index (χ1) is 19.1. The highest BCUT2D eigenvalue weighted by atomic mass is 16.5.